The lowest BCUT2D eigenvalue weighted by atomic mass is 10.2. The summed E-state index contributed by atoms with van der Waals surface area (Å²) in [5.74, 6) is 0. The standard InChI is InChI=1S/C10H23O3PS2/c1-3-9(15)5-7-12-14(11)13-8-6-10(16)4-2/h9-11,15-16H,3-8H2,1-2H3. The Balaban J connectivity index is 3.34. The summed E-state index contributed by atoms with van der Waals surface area (Å²) in [6.45, 7) is 5.16. The van der Waals surface area contributed by atoms with E-state index in [9.17, 15) is 4.89 Å². The molecular formula is C10H23O3PS2. The van der Waals surface area contributed by atoms with Crippen LogP contribution in [0.1, 0.15) is 39.5 Å². The van der Waals surface area contributed by atoms with Gasteiger partial charge in [-0.15, -0.1) is 0 Å². The molecule has 6 heteroatoms. The van der Waals surface area contributed by atoms with Gasteiger partial charge in [0.15, 0.2) is 0 Å². The number of thiol groups is 2. The van der Waals surface area contributed by atoms with Gasteiger partial charge in [-0.3, -0.25) is 0 Å². The molecule has 0 saturated heterocycles. The van der Waals surface area contributed by atoms with E-state index in [1.165, 1.54) is 0 Å². The Morgan fingerprint density at radius 2 is 1.38 bits per heavy atom. The van der Waals surface area contributed by atoms with Crippen LogP contribution < -0.4 is 0 Å². The Hall–Kier alpha value is 1.01. The zero-order valence-corrected chi connectivity index (χ0v) is 12.7. The van der Waals surface area contributed by atoms with Gasteiger partial charge in [-0.05, 0) is 25.7 Å². The third kappa shape index (κ3) is 10.2. The zero-order chi connectivity index (χ0) is 12.4. The summed E-state index contributed by atoms with van der Waals surface area (Å²) >= 11 is 8.67. The maximum absolute atomic E-state index is 9.39. The van der Waals surface area contributed by atoms with Crippen LogP contribution in [0.15, 0.2) is 0 Å². The van der Waals surface area contributed by atoms with E-state index in [1.807, 2.05) is 0 Å². The maximum Gasteiger partial charge on any atom is 0.329 e. The van der Waals surface area contributed by atoms with Crippen molar-refractivity contribution < 1.29 is 13.9 Å². The fraction of sp³-hybridized carbons (Fsp3) is 1.00. The lowest BCUT2D eigenvalue weighted by Gasteiger charge is -2.13. The van der Waals surface area contributed by atoms with Crippen LogP contribution in [-0.4, -0.2) is 28.6 Å². The van der Waals surface area contributed by atoms with Gasteiger partial charge in [0.1, 0.15) is 0 Å². The molecule has 0 saturated carbocycles. The molecule has 0 bridgehead atoms. The lowest BCUT2D eigenvalue weighted by molar-refractivity contribution is 0.196. The first-order chi connectivity index (χ1) is 7.60. The molecule has 98 valence electrons. The molecule has 0 aliphatic carbocycles. The minimum Gasteiger partial charge on any atom is -0.328 e. The van der Waals surface area contributed by atoms with Crippen LogP contribution in [0.5, 0.6) is 0 Å². The van der Waals surface area contributed by atoms with Crippen LogP contribution in [0.2, 0.25) is 0 Å². The summed E-state index contributed by atoms with van der Waals surface area (Å²) in [6, 6.07) is 0. The molecule has 0 radical (unpaired) electrons. The van der Waals surface area contributed by atoms with Crippen molar-refractivity contribution in [3.63, 3.8) is 0 Å². The van der Waals surface area contributed by atoms with Crippen molar-refractivity contribution in [2.24, 2.45) is 0 Å². The second-order valence-corrected chi connectivity index (χ2v) is 6.06. The van der Waals surface area contributed by atoms with Crippen molar-refractivity contribution in [3.8, 4) is 0 Å². The van der Waals surface area contributed by atoms with Gasteiger partial charge >= 0.3 is 8.60 Å². The van der Waals surface area contributed by atoms with E-state index in [4.69, 9.17) is 9.05 Å². The van der Waals surface area contributed by atoms with Crippen LogP contribution in [0.3, 0.4) is 0 Å². The SMILES string of the molecule is CCC(S)CCOP(O)OCCC(S)CC. The molecule has 0 aromatic heterocycles. The van der Waals surface area contributed by atoms with Crippen LogP contribution in [0.4, 0.5) is 0 Å². The van der Waals surface area contributed by atoms with Gasteiger partial charge in [0.25, 0.3) is 0 Å². The Bertz CT molecular complexity index is 147. The predicted molar refractivity (Wildman–Crippen MR) is 76.4 cm³/mol. The van der Waals surface area contributed by atoms with Crippen LogP contribution >= 0.6 is 33.9 Å². The topological polar surface area (TPSA) is 38.7 Å². The number of rotatable bonds is 10. The van der Waals surface area contributed by atoms with E-state index in [1.54, 1.807) is 0 Å². The highest BCUT2D eigenvalue weighted by Crippen LogP contribution is 2.33. The fourth-order valence-electron chi connectivity index (χ4n) is 0.979. The quantitative estimate of drug-likeness (QED) is 0.425. The van der Waals surface area contributed by atoms with Gasteiger partial charge in [0.2, 0.25) is 0 Å². The molecule has 2 unspecified atom stereocenters. The van der Waals surface area contributed by atoms with Crippen molar-refractivity contribution in [1.29, 1.82) is 0 Å². The van der Waals surface area contributed by atoms with Gasteiger partial charge in [0, 0.05) is 10.5 Å². The maximum atomic E-state index is 9.39. The first kappa shape index (κ1) is 17.0. The van der Waals surface area contributed by atoms with Gasteiger partial charge in [0.05, 0.1) is 13.2 Å². The molecule has 0 spiro atoms. The number of hydrogen-bond acceptors (Lipinski definition) is 5. The van der Waals surface area contributed by atoms with Crippen molar-refractivity contribution >= 4 is 33.9 Å². The molecule has 2 atom stereocenters. The Morgan fingerprint density at radius 3 is 1.69 bits per heavy atom. The molecule has 0 fully saturated rings. The minimum absolute atomic E-state index is 0.338. The molecule has 0 aliphatic rings. The summed E-state index contributed by atoms with van der Waals surface area (Å²) in [7, 11) is -1.72. The smallest absolute Gasteiger partial charge is 0.328 e. The monoisotopic (exact) mass is 286 g/mol. The van der Waals surface area contributed by atoms with E-state index >= 15 is 0 Å². The van der Waals surface area contributed by atoms with Crippen molar-refractivity contribution in [3.05, 3.63) is 0 Å². The normalized spacial score (nSPS) is 17.1. The van der Waals surface area contributed by atoms with Crippen LogP contribution in [0, 0.1) is 0 Å². The first-order valence-corrected chi connectivity index (χ1v) is 7.87. The molecule has 0 aromatic carbocycles. The molecule has 0 amide bonds. The van der Waals surface area contributed by atoms with E-state index in [-0.39, 0.29) is 0 Å². The highest BCUT2D eigenvalue weighted by atomic mass is 32.1. The summed E-state index contributed by atoms with van der Waals surface area (Å²) in [5, 5.41) is 0.677. The molecule has 0 heterocycles. The van der Waals surface area contributed by atoms with Gasteiger partial charge < -0.3 is 13.9 Å². The average Bonchev–Trinajstić information content (AvgIpc) is 2.28. The van der Waals surface area contributed by atoms with Gasteiger partial charge in [-0.2, -0.15) is 25.3 Å². The molecule has 1 N–H and O–H groups in total. The highest BCUT2D eigenvalue weighted by molar-refractivity contribution is 7.81. The molecule has 16 heavy (non-hydrogen) atoms. The largest absolute Gasteiger partial charge is 0.329 e. The minimum atomic E-state index is -1.72. The molecule has 0 aliphatic heterocycles. The summed E-state index contributed by atoms with van der Waals surface area (Å²) in [4.78, 5) is 9.39. The third-order valence-corrected chi connectivity index (χ3v) is 4.30. The lowest BCUT2D eigenvalue weighted by Crippen LogP contribution is -2.04. The third-order valence-electron chi connectivity index (χ3n) is 2.25. The van der Waals surface area contributed by atoms with Gasteiger partial charge in [-0.25, -0.2) is 0 Å². The Morgan fingerprint density at radius 1 is 1.00 bits per heavy atom. The van der Waals surface area contributed by atoms with E-state index in [0.29, 0.717) is 23.7 Å². The van der Waals surface area contributed by atoms with Crippen LogP contribution in [-0.2, 0) is 9.05 Å². The Labute approximate surface area is 111 Å². The highest BCUT2D eigenvalue weighted by Gasteiger charge is 2.09. The summed E-state index contributed by atoms with van der Waals surface area (Å²) < 4.78 is 10.3. The molecule has 0 aromatic rings. The predicted octanol–water partition coefficient (Wildman–Crippen LogP) is 3.44. The van der Waals surface area contributed by atoms with E-state index in [0.717, 1.165) is 25.7 Å². The zero-order valence-electron chi connectivity index (χ0n) is 10.0. The van der Waals surface area contributed by atoms with Gasteiger partial charge in [-0.1, -0.05) is 13.8 Å². The first-order valence-electron chi connectivity index (χ1n) is 5.71. The summed E-state index contributed by atoms with van der Waals surface area (Å²) in [6.07, 6.45) is 3.70. The Kier molecular flexibility index (Phi) is 11.8. The second kappa shape index (κ2) is 11.1. The molecular weight excluding hydrogens is 263 g/mol. The van der Waals surface area contributed by atoms with Crippen molar-refractivity contribution in [1.82, 2.24) is 0 Å². The molecule has 0 rings (SSSR count). The summed E-state index contributed by atoms with van der Waals surface area (Å²) in [5.41, 5.74) is 0. The molecule has 3 nitrogen and oxygen atoms in total. The average molecular weight is 286 g/mol. The van der Waals surface area contributed by atoms with E-state index in [2.05, 4.69) is 39.1 Å². The van der Waals surface area contributed by atoms with E-state index < -0.39 is 8.60 Å². The number of hydrogen-bond donors (Lipinski definition) is 3. The van der Waals surface area contributed by atoms with Crippen molar-refractivity contribution in [2.75, 3.05) is 13.2 Å². The van der Waals surface area contributed by atoms with Crippen LogP contribution in [0.25, 0.3) is 0 Å². The second-order valence-electron chi connectivity index (χ2n) is 3.61. The fourth-order valence-corrected chi connectivity index (χ4v) is 1.79. The van der Waals surface area contributed by atoms with Crippen molar-refractivity contribution in [2.45, 2.75) is 50.0 Å².